The van der Waals surface area contributed by atoms with Gasteiger partial charge in [0.05, 0.1) is 22.0 Å². The Kier molecular flexibility index (Phi) is 4.37. The number of hydrogen-bond acceptors (Lipinski definition) is 6. The molecule has 0 bridgehead atoms. The van der Waals surface area contributed by atoms with Gasteiger partial charge in [-0.15, -0.1) is 5.11 Å². The fraction of sp³-hybridized carbons (Fsp3) is 0.118. The monoisotopic (exact) mass is 356 g/mol. The van der Waals surface area contributed by atoms with Crippen LogP contribution < -0.4 is 0 Å². The van der Waals surface area contributed by atoms with E-state index in [-0.39, 0.29) is 16.5 Å². The minimum absolute atomic E-state index is 0.111. The zero-order valence-electron chi connectivity index (χ0n) is 13.7. The molecule has 0 aliphatic heterocycles. The zero-order valence-corrected chi connectivity index (χ0v) is 14.5. The molecular weight excluding hydrogens is 340 g/mol. The van der Waals surface area contributed by atoms with Gasteiger partial charge in [-0.25, -0.2) is 8.42 Å². The van der Waals surface area contributed by atoms with E-state index in [9.17, 15) is 13.5 Å². The summed E-state index contributed by atoms with van der Waals surface area (Å²) >= 11 is 0. The van der Waals surface area contributed by atoms with Crippen molar-refractivity contribution in [3.63, 3.8) is 0 Å². The third kappa shape index (κ3) is 3.58. The van der Waals surface area contributed by atoms with Crippen molar-refractivity contribution in [2.75, 3.05) is 6.26 Å². The van der Waals surface area contributed by atoms with Crippen LogP contribution in [0.25, 0.3) is 5.69 Å². The van der Waals surface area contributed by atoms with Crippen LogP contribution in [-0.2, 0) is 9.84 Å². The quantitative estimate of drug-likeness (QED) is 0.721. The highest BCUT2D eigenvalue weighted by Crippen LogP contribution is 2.33. The Morgan fingerprint density at radius 2 is 1.64 bits per heavy atom. The molecule has 3 aromatic rings. The van der Waals surface area contributed by atoms with E-state index in [0.29, 0.717) is 17.1 Å². The van der Waals surface area contributed by atoms with E-state index >= 15 is 0 Å². The number of azo groups is 1. The first-order valence-corrected chi connectivity index (χ1v) is 9.31. The Morgan fingerprint density at radius 3 is 2.24 bits per heavy atom. The lowest BCUT2D eigenvalue weighted by Gasteiger charge is -2.01. The smallest absolute Gasteiger partial charge is 0.243 e. The van der Waals surface area contributed by atoms with E-state index in [1.54, 1.807) is 19.1 Å². The number of nitrogens with zero attached hydrogens (tertiary/aromatic N) is 4. The average Bonchev–Trinajstić information content (AvgIpc) is 2.88. The number of benzene rings is 2. The fourth-order valence-corrected chi connectivity index (χ4v) is 2.87. The number of sulfone groups is 1. The van der Waals surface area contributed by atoms with Gasteiger partial charge in [0.1, 0.15) is 0 Å². The second-order valence-corrected chi connectivity index (χ2v) is 7.49. The first-order valence-electron chi connectivity index (χ1n) is 7.42. The number of aromatic nitrogens is 2. The number of hydrogen-bond donors (Lipinski definition) is 1. The topological polar surface area (TPSA) is 96.9 Å². The van der Waals surface area contributed by atoms with Crippen molar-refractivity contribution in [2.45, 2.75) is 11.8 Å². The summed E-state index contributed by atoms with van der Waals surface area (Å²) in [6.07, 6.45) is 1.14. The Morgan fingerprint density at radius 1 is 1.00 bits per heavy atom. The Hall–Kier alpha value is -3.00. The molecule has 1 N–H and O–H groups in total. The lowest BCUT2D eigenvalue weighted by Crippen LogP contribution is -1.95. The van der Waals surface area contributed by atoms with Crippen LogP contribution in [0.15, 0.2) is 69.7 Å². The SMILES string of the molecule is Cc1nn(-c2ccccc2)c(O)c1N=Nc1ccc(S(C)(=O)=O)cc1. The minimum atomic E-state index is -3.25. The van der Waals surface area contributed by atoms with Crippen LogP contribution in [-0.4, -0.2) is 29.6 Å². The van der Waals surface area contributed by atoms with Gasteiger partial charge in [-0.1, -0.05) is 18.2 Å². The largest absolute Gasteiger partial charge is 0.492 e. The Bertz CT molecular complexity index is 1020. The van der Waals surface area contributed by atoms with Crippen LogP contribution in [0, 0.1) is 6.92 Å². The van der Waals surface area contributed by atoms with Crippen molar-refractivity contribution in [3.05, 3.63) is 60.3 Å². The molecular formula is C17H16N4O3S. The van der Waals surface area contributed by atoms with E-state index in [0.717, 1.165) is 6.26 Å². The molecule has 0 radical (unpaired) electrons. The second-order valence-electron chi connectivity index (χ2n) is 5.47. The predicted molar refractivity (Wildman–Crippen MR) is 93.7 cm³/mol. The number of rotatable bonds is 4. The van der Waals surface area contributed by atoms with Crippen molar-refractivity contribution >= 4 is 21.2 Å². The van der Waals surface area contributed by atoms with E-state index in [4.69, 9.17) is 0 Å². The van der Waals surface area contributed by atoms with Gasteiger partial charge in [-0.3, -0.25) is 0 Å². The Labute approximate surface area is 145 Å². The molecule has 0 saturated heterocycles. The maximum atomic E-state index is 11.5. The third-order valence-electron chi connectivity index (χ3n) is 3.54. The van der Waals surface area contributed by atoms with Crippen LogP contribution in [0.5, 0.6) is 5.88 Å². The fourth-order valence-electron chi connectivity index (χ4n) is 2.24. The summed E-state index contributed by atoms with van der Waals surface area (Å²) in [4.78, 5) is 0.211. The molecule has 7 nitrogen and oxygen atoms in total. The van der Waals surface area contributed by atoms with Gasteiger partial charge in [0.2, 0.25) is 5.88 Å². The zero-order chi connectivity index (χ0) is 18.0. The van der Waals surface area contributed by atoms with Crippen molar-refractivity contribution in [3.8, 4) is 11.6 Å². The molecule has 0 saturated carbocycles. The van der Waals surface area contributed by atoms with Gasteiger partial charge in [0, 0.05) is 6.26 Å². The van der Waals surface area contributed by atoms with Crippen LogP contribution in [0.2, 0.25) is 0 Å². The highest BCUT2D eigenvalue weighted by atomic mass is 32.2. The first kappa shape index (κ1) is 16.8. The summed E-state index contributed by atoms with van der Waals surface area (Å²) in [5, 5.41) is 22.7. The molecule has 1 heterocycles. The average molecular weight is 356 g/mol. The van der Waals surface area contributed by atoms with Crippen LogP contribution in [0.4, 0.5) is 11.4 Å². The molecule has 0 aliphatic rings. The molecule has 0 fully saturated rings. The lowest BCUT2D eigenvalue weighted by molar-refractivity contribution is 0.434. The van der Waals surface area contributed by atoms with Gasteiger partial charge in [0.15, 0.2) is 15.5 Å². The highest BCUT2D eigenvalue weighted by Gasteiger charge is 2.15. The molecule has 128 valence electrons. The maximum Gasteiger partial charge on any atom is 0.243 e. The lowest BCUT2D eigenvalue weighted by atomic mass is 10.3. The number of aromatic hydroxyl groups is 1. The van der Waals surface area contributed by atoms with Gasteiger partial charge in [0.25, 0.3) is 0 Å². The number of para-hydroxylation sites is 1. The summed E-state index contributed by atoms with van der Waals surface area (Å²) in [6, 6.07) is 15.2. The summed E-state index contributed by atoms with van der Waals surface area (Å²) in [7, 11) is -3.25. The second kappa shape index (κ2) is 6.48. The molecule has 8 heteroatoms. The molecule has 2 aromatic carbocycles. The molecule has 1 aromatic heterocycles. The highest BCUT2D eigenvalue weighted by molar-refractivity contribution is 7.90. The van der Waals surface area contributed by atoms with Gasteiger partial charge < -0.3 is 5.11 Å². The third-order valence-corrected chi connectivity index (χ3v) is 4.66. The van der Waals surface area contributed by atoms with E-state index in [2.05, 4.69) is 15.3 Å². The maximum absolute atomic E-state index is 11.5. The van der Waals surface area contributed by atoms with Crippen molar-refractivity contribution in [2.24, 2.45) is 10.2 Å². The van der Waals surface area contributed by atoms with Gasteiger partial charge >= 0.3 is 0 Å². The molecule has 0 amide bonds. The summed E-state index contributed by atoms with van der Waals surface area (Å²) in [6.45, 7) is 1.72. The molecule has 0 aliphatic carbocycles. The van der Waals surface area contributed by atoms with Crippen LogP contribution in [0.3, 0.4) is 0 Å². The van der Waals surface area contributed by atoms with Crippen molar-refractivity contribution in [1.82, 2.24) is 9.78 Å². The van der Waals surface area contributed by atoms with E-state index in [1.165, 1.54) is 16.8 Å². The molecule has 3 rings (SSSR count). The standard InChI is InChI=1S/C17H16N4O3S/c1-12-16(17(22)21(20-12)14-6-4-3-5-7-14)19-18-13-8-10-15(11-9-13)25(2,23)24/h3-11,22H,1-2H3. The molecule has 0 unspecified atom stereocenters. The molecule has 0 spiro atoms. The summed E-state index contributed by atoms with van der Waals surface area (Å²) in [5.41, 5.74) is 1.97. The van der Waals surface area contributed by atoms with Crippen LogP contribution in [0.1, 0.15) is 5.69 Å². The Balaban J connectivity index is 1.91. The normalized spacial score (nSPS) is 11.9. The summed E-state index contributed by atoms with van der Waals surface area (Å²) < 4.78 is 24.3. The van der Waals surface area contributed by atoms with E-state index < -0.39 is 9.84 Å². The minimum Gasteiger partial charge on any atom is -0.492 e. The summed E-state index contributed by atoms with van der Waals surface area (Å²) in [5.74, 6) is -0.111. The van der Waals surface area contributed by atoms with E-state index in [1.807, 2.05) is 30.3 Å². The molecule has 25 heavy (non-hydrogen) atoms. The molecule has 0 atom stereocenters. The van der Waals surface area contributed by atoms with Gasteiger partial charge in [-0.2, -0.15) is 14.9 Å². The first-order chi connectivity index (χ1) is 11.9. The van der Waals surface area contributed by atoms with Crippen LogP contribution >= 0.6 is 0 Å². The van der Waals surface area contributed by atoms with Crippen molar-refractivity contribution < 1.29 is 13.5 Å². The number of aryl methyl sites for hydroxylation is 1. The van der Waals surface area contributed by atoms with Gasteiger partial charge in [-0.05, 0) is 43.3 Å². The van der Waals surface area contributed by atoms with Crippen molar-refractivity contribution in [1.29, 1.82) is 0 Å². The predicted octanol–water partition coefficient (Wildman–Crippen LogP) is 3.71.